The number of carbonyl (C=O) groups is 2. The summed E-state index contributed by atoms with van der Waals surface area (Å²) in [5.74, 6) is -0.127. The first-order valence-corrected chi connectivity index (χ1v) is 20.5. The van der Waals surface area contributed by atoms with E-state index in [9.17, 15) is 9.59 Å². The van der Waals surface area contributed by atoms with Crippen molar-refractivity contribution in [1.82, 2.24) is 0 Å². The van der Waals surface area contributed by atoms with Gasteiger partial charge in [0, 0.05) is 0 Å². The molecule has 0 aliphatic heterocycles. The molecule has 4 N–H and O–H groups in total. The molecule has 7 heteroatoms. The molecular weight excluding hydrogens is 689 g/mol. The summed E-state index contributed by atoms with van der Waals surface area (Å²) in [4.78, 5) is 21.6. The van der Waals surface area contributed by atoms with Gasteiger partial charge in [0.1, 0.15) is 17.1 Å². The predicted molar refractivity (Wildman–Crippen MR) is 238 cm³/mol. The van der Waals surface area contributed by atoms with E-state index in [1.165, 1.54) is 11.1 Å². The standard InChI is InChI=1S/C11H22O2.2C11H16O.C7H14O2.C4H10O.2C2H6/c1-7-11(5,6)8-9(12)13-10(2,3)4;2*1-4-11(2,3)9-5-7-10(12)8-6-9;1-4-7(2,3)5-6(8)9;1-4(2,3)5;2*1-2/h7-8H2,1-6H3;2*5-8,12H,4H2,1-3H3;4-5H2,1-3H3,(H,8,9);5H,1-3H3;2*1-2H3. The molecule has 2 aromatic carbocycles. The smallest absolute Gasteiger partial charge is 0.306 e. The summed E-state index contributed by atoms with van der Waals surface area (Å²) in [7, 11) is 0. The molecule has 0 atom stereocenters. The van der Waals surface area contributed by atoms with Crippen LogP contribution in [0.25, 0.3) is 0 Å². The second-order valence-electron chi connectivity index (χ2n) is 18.1. The average Bonchev–Trinajstić information content (AvgIpc) is 3.05. The lowest BCUT2D eigenvalue weighted by Crippen LogP contribution is -2.27. The SMILES string of the molecule is CC.CC.CC(C)(C)O.CCC(C)(C)CC(=O)O.CCC(C)(C)CC(=O)OC(C)(C)C.CCC(C)(C)c1ccc(O)cc1.CCC(C)(C)c1ccc(O)cc1. The maximum Gasteiger partial charge on any atom is 0.306 e. The molecule has 0 aliphatic carbocycles. The van der Waals surface area contributed by atoms with E-state index in [0.29, 0.717) is 17.9 Å². The Bertz CT molecular complexity index is 1160. The van der Waals surface area contributed by atoms with Crippen molar-refractivity contribution in [2.24, 2.45) is 10.8 Å². The highest BCUT2D eigenvalue weighted by Crippen LogP contribution is 2.29. The molecule has 55 heavy (non-hydrogen) atoms. The zero-order chi connectivity index (χ0) is 45.1. The van der Waals surface area contributed by atoms with Crippen molar-refractivity contribution < 1.29 is 34.8 Å². The van der Waals surface area contributed by atoms with Crippen molar-refractivity contribution >= 4 is 11.9 Å². The molecule has 0 radical (unpaired) electrons. The molecule has 0 aromatic heterocycles. The molecule has 2 rings (SSSR count). The van der Waals surface area contributed by atoms with Gasteiger partial charge in [0.05, 0.1) is 18.4 Å². The second-order valence-corrected chi connectivity index (χ2v) is 18.1. The van der Waals surface area contributed by atoms with Crippen LogP contribution in [0.4, 0.5) is 0 Å². The molecule has 0 amide bonds. The van der Waals surface area contributed by atoms with E-state index in [1.807, 2.05) is 93.5 Å². The quantitative estimate of drug-likeness (QED) is 0.177. The van der Waals surface area contributed by atoms with Crippen molar-refractivity contribution in [2.45, 2.75) is 213 Å². The van der Waals surface area contributed by atoms with E-state index in [-0.39, 0.29) is 39.7 Å². The number of benzene rings is 2. The van der Waals surface area contributed by atoms with E-state index in [4.69, 9.17) is 25.2 Å². The number of hydrogen-bond acceptors (Lipinski definition) is 6. The molecule has 0 fully saturated rings. The summed E-state index contributed by atoms with van der Waals surface area (Å²) >= 11 is 0. The Labute approximate surface area is 340 Å². The second kappa shape index (κ2) is 29.2. The van der Waals surface area contributed by atoms with Gasteiger partial charge < -0.3 is 25.2 Å². The van der Waals surface area contributed by atoms with E-state index in [0.717, 1.165) is 25.7 Å². The number of aliphatic carboxylic acids is 1. The molecule has 7 nitrogen and oxygen atoms in total. The predicted octanol–water partition coefficient (Wildman–Crippen LogP) is 14.0. The van der Waals surface area contributed by atoms with Crippen LogP contribution in [0.3, 0.4) is 0 Å². The van der Waals surface area contributed by atoms with Gasteiger partial charge in [-0.3, -0.25) is 9.59 Å². The maximum absolute atomic E-state index is 11.4. The fraction of sp³-hybridized carbons (Fsp3) is 0.708. The molecule has 0 saturated carbocycles. The van der Waals surface area contributed by atoms with E-state index in [1.54, 1.807) is 45.0 Å². The van der Waals surface area contributed by atoms with Gasteiger partial charge >= 0.3 is 11.9 Å². The summed E-state index contributed by atoms with van der Waals surface area (Å²) in [5.41, 5.74) is 2.15. The lowest BCUT2D eigenvalue weighted by Gasteiger charge is -2.25. The molecular formula is C48H90O7. The van der Waals surface area contributed by atoms with E-state index < -0.39 is 11.6 Å². The summed E-state index contributed by atoms with van der Waals surface area (Å²) in [6, 6.07) is 14.9. The molecule has 2 aromatic rings. The molecule has 0 bridgehead atoms. The van der Waals surface area contributed by atoms with Gasteiger partial charge in [-0.15, -0.1) is 0 Å². The first-order chi connectivity index (χ1) is 24.8. The topological polar surface area (TPSA) is 124 Å². The Morgan fingerprint density at radius 1 is 0.509 bits per heavy atom. The number of esters is 1. The van der Waals surface area contributed by atoms with Crippen molar-refractivity contribution in [2.75, 3.05) is 0 Å². The normalized spacial score (nSPS) is 11.3. The minimum atomic E-state index is -0.707. The Morgan fingerprint density at radius 3 is 0.945 bits per heavy atom. The number of ether oxygens (including phenoxy) is 1. The van der Waals surface area contributed by atoms with Crippen LogP contribution in [0.15, 0.2) is 48.5 Å². The van der Waals surface area contributed by atoms with E-state index in [2.05, 4.69) is 62.3 Å². The lowest BCUT2D eigenvalue weighted by atomic mass is 9.82. The lowest BCUT2D eigenvalue weighted by molar-refractivity contribution is -0.157. The van der Waals surface area contributed by atoms with Crippen molar-refractivity contribution in [1.29, 1.82) is 0 Å². The number of carboxylic acids is 1. The zero-order valence-electron chi connectivity index (χ0n) is 39.9. The van der Waals surface area contributed by atoms with Gasteiger partial charge in [-0.05, 0) is 111 Å². The van der Waals surface area contributed by atoms with Gasteiger partial charge in [-0.1, -0.05) is 148 Å². The van der Waals surface area contributed by atoms with Gasteiger partial charge in [-0.2, -0.15) is 0 Å². The minimum absolute atomic E-state index is 0.0359. The summed E-state index contributed by atoms with van der Waals surface area (Å²) < 4.78 is 5.24. The fourth-order valence-electron chi connectivity index (χ4n) is 3.66. The first-order valence-electron chi connectivity index (χ1n) is 20.5. The Kier molecular flexibility index (Phi) is 32.5. The van der Waals surface area contributed by atoms with Crippen LogP contribution in [0.1, 0.15) is 202 Å². The van der Waals surface area contributed by atoms with Crippen molar-refractivity contribution in [3.8, 4) is 11.5 Å². The third-order valence-corrected chi connectivity index (χ3v) is 8.65. The van der Waals surface area contributed by atoms with Crippen molar-refractivity contribution in [3.05, 3.63) is 59.7 Å². The van der Waals surface area contributed by atoms with E-state index >= 15 is 0 Å². The highest BCUT2D eigenvalue weighted by Gasteiger charge is 2.24. The number of hydrogen-bond donors (Lipinski definition) is 4. The van der Waals surface area contributed by atoms with Gasteiger partial charge in [-0.25, -0.2) is 0 Å². The third kappa shape index (κ3) is 39.0. The molecule has 0 unspecified atom stereocenters. The van der Waals surface area contributed by atoms with Crippen LogP contribution in [0, 0.1) is 10.8 Å². The summed E-state index contributed by atoms with van der Waals surface area (Å²) in [5, 5.41) is 35.1. The number of phenolic OH excluding ortho intramolecular Hbond substituents is 2. The Morgan fingerprint density at radius 2 is 0.764 bits per heavy atom. The minimum Gasteiger partial charge on any atom is -0.508 e. The fourth-order valence-corrected chi connectivity index (χ4v) is 3.66. The molecule has 0 aliphatic rings. The average molecular weight is 779 g/mol. The van der Waals surface area contributed by atoms with Crippen LogP contribution >= 0.6 is 0 Å². The van der Waals surface area contributed by atoms with Crippen molar-refractivity contribution in [3.63, 3.8) is 0 Å². The van der Waals surface area contributed by atoms with Crippen LogP contribution in [-0.2, 0) is 25.2 Å². The number of carboxylic acid groups (broad SMARTS) is 1. The van der Waals surface area contributed by atoms with Gasteiger partial charge in [0.25, 0.3) is 0 Å². The van der Waals surface area contributed by atoms with Crippen LogP contribution in [-0.4, -0.2) is 43.6 Å². The number of phenols is 2. The highest BCUT2D eigenvalue weighted by atomic mass is 16.6. The third-order valence-electron chi connectivity index (χ3n) is 8.65. The number of rotatable bonds is 10. The summed E-state index contributed by atoms with van der Waals surface area (Å²) in [6.45, 7) is 44.3. The van der Waals surface area contributed by atoms with Crippen LogP contribution < -0.4 is 0 Å². The monoisotopic (exact) mass is 779 g/mol. The zero-order valence-corrected chi connectivity index (χ0v) is 39.9. The highest BCUT2D eigenvalue weighted by molar-refractivity contribution is 5.70. The Balaban J connectivity index is -0.000000189. The first kappa shape index (κ1) is 61.2. The Hall–Kier alpha value is -3.06. The number of aliphatic hydroxyl groups is 1. The number of aromatic hydroxyl groups is 2. The maximum atomic E-state index is 11.4. The van der Waals surface area contributed by atoms with Crippen LogP contribution in [0.5, 0.6) is 11.5 Å². The van der Waals surface area contributed by atoms with Gasteiger partial charge in [0.2, 0.25) is 0 Å². The molecule has 324 valence electrons. The molecule has 0 spiro atoms. The molecule has 0 heterocycles. The molecule has 0 saturated heterocycles. The van der Waals surface area contributed by atoms with Gasteiger partial charge in [0.15, 0.2) is 0 Å². The summed E-state index contributed by atoms with van der Waals surface area (Å²) in [6.07, 6.45) is 4.89. The largest absolute Gasteiger partial charge is 0.508 e. The van der Waals surface area contributed by atoms with Crippen LogP contribution in [0.2, 0.25) is 0 Å². The number of carbonyl (C=O) groups excluding carboxylic acids is 1.